The van der Waals surface area contributed by atoms with E-state index >= 15 is 0 Å². The molecule has 1 N–H and O–H groups in total. The Labute approximate surface area is 147 Å². The zero-order valence-electron chi connectivity index (χ0n) is 15.0. The number of hydrogen-bond acceptors (Lipinski definition) is 5. The van der Waals surface area contributed by atoms with Crippen LogP contribution in [0, 0.1) is 0 Å². The third-order valence-corrected chi connectivity index (χ3v) is 4.03. The van der Waals surface area contributed by atoms with E-state index < -0.39 is 5.97 Å². The van der Waals surface area contributed by atoms with Gasteiger partial charge in [0.2, 0.25) is 5.91 Å². The lowest BCUT2D eigenvalue weighted by Crippen LogP contribution is -2.33. The van der Waals surface area contributed by atoms with E-state index in [9.17, 15) is 9.59 Å². The maximum atomic E-state index is 12.4. The van der Waals surface area contributed by atoms with E-state index in [2.05, 4.69) is 10.4 Å². The number of aryl methyl sites for hydroxylation is 1. The maximum Gasteiger partial charge on any atom is 0.343 e. The molecule has 1 amide bonds. The number of hydrogen-bond donors (Lipinski definition) is 1. The minimum atomic E-state index is -0.503. The van der Waals surface area contributed by atoms with Crippen molar-refractivity contribution in [1.82, 2.24) is 14.7 Å². The van der Waals surface area contributed by atoms with Crippen molar-refractivity contribution in [3.8, 4) is 0 Å². The number of carbonyl (C=O) groups is 2. The number of nitrogens with zero attached hydrogens (tertiary/aromatic N) is 3. The lowest BCUT2D eigenvalue weighted by molar-refractivity contribution is -0.117. The summed E-state index contributed by atoms with van der Waals surface area (Å²) in [6, 6.07) is 10.0. The van der Waals surface area contributed by atoms with Gasteiger partial charge in [-0.2, -0.15) is 5.10 Å². The molecule has 0 fully saturated rings. The predicted octanol–water partition coefficient (Wildman–Crippen LogP) is 2.23. The van der Waals surface area contributed by atoms with Gasteiger partial charge in [-0.25, -0.2) is 4.79 Å². The molecule has 2 rings (SSSR count). The van der Waals surface area contributed by atoms with Crippen molar-refractivity contribution in [1.29, 1.82) is 0 Å². The van der Waals surface area contributed by atoms with Gasteiger partial charge < -0.3 is 10.1 Å². The molecule has 0 saturated heterocycles. The zero-order chi connectivity index (χ0) is 18.4. The summed E-state index contributed by atoms with van der Waals surface area (Å²) in [5, 5.41) is 6.78. The highest BCUT2D eigenvalue weighted by molar-refractivity contribution is 6.00. The molecule has 7 heteroatoms. The van der Waals surface area contributed by atoms with Gasteiger partial charge in [0.1, 0.15) is 11.4 Å². The van der Waals surface area contributed by atoms with Crippen LogP contribution in [0.4, 0.5) is 5.82 Å². The van der Waals surface area contributed by atoms with Crippen LogP contribution in [0.1, 0.15) is 35.8 Å². The van der Waals surface area contributed by atoms with E-state index in [1.165, 1.54) is 10.9 Å². The molecule has 0 aliphatic heterocycles. The number of nitrogens with one attached hydrogen (secondary N) is 1. The Morgan fingerprint density at radius 2 is 2.00 bits per heavy atom. The van der Waals surface area contributed by atoms with Gasteiger partial charge in [-0.3, -0.25) is 14.4 Å². The van der Waals surface area contributed by atoms with Crippen LogP contribution in [-0.2, 0) is 16.6 Å². The topological polar surface area (TPSA) is 76.5 Å². The maximum absolute atomic E-state index is 12.4. The van der Waals surface area contributed by atoms with Crippen LogP contribution in [0.3, 0.4) is 0 Å². The second-order valence-electron chi connectivity index (χ2n) is 5.80. The Morgan fingerprint density at radius 1 is 1.32 bits per heavy atom. The summed E-state index contributed by atoms with van der Waals surface area (Å²) in [6.45, 7) is 4.21. The lowest BCUT2D eigenvalue weighted by Gasteiger charge is -2.24. The number of rotatable bonds is 7. The summed E-state index contributed by atoms with van der Waals surface area (Å²) >= 11 is 0. The Balaban J connectivity index is 2.03. The smallest absolute Gasteiger partial charge is 0.343 e. The van der Waals surface area contributed by atoms with Crippen LogP contribution >= 0.6 is 0 Å². The highest BCUT2D eigenvalue weighted by Gasteiger charge is 2.21. The third kappa shape index (κ3) is 4.67. The SMILES string of the molecule is CCOC(=O)c1cnn(C)c1NC(=O)CN(C)[C@H](C)c1ccccc1. The molecular weight excluding hydrogens is 320 g/mol. The summed E-state index contributed by atoms with van der Waals surface area (Å²) in [5.41, 5.74) is 1.38. The van der Waals surface area contributed by atoms with Crippen molar-refractivity contribution in [2.24, 2.45) is 7.05 Å². The molecule has 1 aromatic heterocycles. The van der Waals surface area contributed by atoms with Crippen LogP contribution in [0.2, 0.25) is 0 Å². The van der Waals surface area contributed by atoms with Crippen molar-refractivity contribution in [3.63, 3.8) is 0 Å². The van der Waals surface area contributed by atoms with Gasteiger partial charge >= 0.3 is 5.97 Å². The summed E-state index contributed by atoms with van der Waals surface area (Å²) in [5.74, 6) is -0.388. The first-order valence-corrected chi connectivity index (χ1v) is 8.18. The standard InChI is InChI=1S/C18H24N4O3/c1-5-25-18(24)15-11-19-22(4)17(15)20-16(23)12-21(3)13(2)14-9-7-6-8-10-14/h6-11,13H,5,12H2,1-4H3,(H,20,23)/t13-/m1/s1. The molecule has 1 atom stereocenters. The number of esters is 1. The number of anilines is 1. The van der Waals surface area contributed by atoms with Crippen molar-refractivity contribution < 1.29 is 14.3 Å². The van der Waals surface area contributed by atoms with Crippen LogP contribution in [0.25, 0.3) is 0 Å². The Bertz CT molecular complexity index is 727. The molecule has 0 aliphatic carbocycles. The molecular formula is C18H24N4O3. The molecule has 0 bridgehead atoms. The fraction of sp³-hybridized carbons (Fsp3) is 0.389. The lowest BCUT2D eigenvalue weighted by atomic mass is 10.1. The van der Waals surface area contributed by atoms with Crippen molar-refractivity contribution in [2.45, 2.75) is 19.9 Å². The average molecular weight is 344 g/mol. The fourth-order valence-electron chi connectivity index (χ4n) is 2.47. The zero-order valence-corrected chi connectivity index (χ0v) is 15.0. The largest absolute Gasteiger partial charge is 0.462 e. The van der Waals surface area contributed by atoms with E-state index in [0.717, 1.165) is 5.56 Å². The quantitative estimate of drug-likeness (QED) is 0.780. The highest BCUT2D eigenvalue weighted by atomic mass is 16.5. The summed E-state index contributed by atoms with van der Waals surface area (Å²) < 4.78 is 6.44. The first kappa shape index (κ1) is 18.7. The molecule has 25 heavy (non-hydrogen) atoms. The molecule has 0 unspecified atom stereocenters. The van der Waals surface area contributed by atoms with Gasteiger partial charge in [0.05, 0.1) is 19.3 Å². The van der Waals surface area contributed by atoms with Crippen LogP contribution in [-0.4, -0.2) is 46.8 Å². The third-order valence-electron chi connectivity index (χ3n) is 4.03. The van der Waals surface area contributed by atoms with Crippen LogP contribution in [0.5, 0.6) is 0 Å². The molecule has 2 aromatic rings. The second kappa shape index (κ2) is 8.43. The van der Waals surface area contributed by atoms with E-state index in [4.69, 9.17) is 4.74 Å². The predicted molar refractivity (Wildman–Crippen MR) is 95.3 cm³/mol. The van der Waals surface area contributed by atoms with Crippen molar-refractivity contribution in [3.05, 3.63) is 47.7 Å². The minimum Gasteiger partial charge on any atom is -0.462 e. The summed E-state index contributed by atoms with van der Waals surface area (Å²) in [7, 11) is 3.54. The first-order chi connectivity index (χ1) is 11.9. The molecule has 0 saturated carbocycles. The molecule has 134 valence electrons. The summed E-state index contributed by atoms with van der Waals surface area (Å²) in [6.07, 6.45) is 1.39. The van der Waals surface area contributed by atoms with Gasteiger partial charge in [-0.05, 0) is 26.5 Å². The molecule has 1 aromatic carbocycles. The molecule has 0 radical (unpaired) electrons. The fourth-order valence-corrected chi connectivity index (χ4v) is 2.47. The second-order valence-corrected chi connectivity index (χ2v) is 5.80. The number of ether oxygens (including phenoxy) is 1. The van der Waals surface area contributed by atoms with Gasteiger partial charge in [-0.1, -0.05) is 30.3 Å². The first-order valence-electron chi connectivity index (χ1n) is 8.18. The van der Waals surface area contributed by atoms with Gasteiger partial charge in [-0.15, -0.1) is 0 Å². The molecule has 0 aliphatic rings. The minimum absolute atomic E-state index is 0.0861. The monoisotopic (exact) mass is 344 g/mol. The summed E-state index contributed by atoms with van der Waals surface area (Å²) in [4.78, 5) is 26.3. The molecule has 0 spiro atoms. The van der Waals surface area contributed by atoms with Gasteiger partial charge in [0.15, 0.2) is 0 Å². The molecule has 1 heterocycles. The van der Waals surface area contributed by atoms with E-state index in [1.807, 2.05) is 49.2 Å². The van der Waals surface area contributed by atoms with Crippen LogP contribution < -0.4 is 5.32 Å². The number of benzene rings is 1. The number of likely N-dealkylation sites (N-methyl/N-ethyl adjacent to an activating group) is 1. The Hall–Kier alpha value is -2.67. The molecule has 7 nitrogen and oxygen atoms in total. The van der Waals surface area contributed by atoms with Crippen LogP contribution in [0.15, 0.2) is 36.5 Å². The number of aromatic nitrogens is 2. The van der Waals surface area contributed by atoms with Gasteiger partial charge in [0.25, 0.3) is 0 Å². The van der Waals surface area contributed by atoms with Crippen molar-refractivity contribution in [2.75, 3.05) is 25.5 Å². The normalized spacial score (nSPS) is 12.0. The number of amides is 1. The number of carbonyl (C=O) groups excluding carboxylic acids is 2. The Kier molecular flexibility index (Phi) is 6.30. The van der Waals surface area contributed by atoms with Crippen molar-refractivity contribution >= 4 is 17.7 Å². The Morgan fingerprint density at radius 3 is 2.64 bits per heavy atom. The van der Waals surface area contributed by atoms with E-state index in [1.54, 1.807) is 14.0 Å². The van der Waals surface area contributed by atoms with Gasteiger partial charge in [0, 0.05) is 13.1 Å². The van der Waals surface area contributed by atoms with E-state index in [0.29, 0.717) is 5.82 Å². The average Bonchev–Trinajstić information content (AvgIpc) is 2.96. The highest BCUT2D eigenvalue weighted by Crippen LogP contribution is 2.19. The van der Waals surface area contributed by atoms with E-state index in [-0.39, 0.29) is 30.7 Å².